The topological polar surface area (TPSA) is 49.4 Å². The third-order valence-electron chi connectivity index (χ3n) is 4.29. The number of sulfonamides is 1. The normalized spacial score (nSPS) is 17.2. The highest BCUT2D eigenvalue weighted by atomic mass is 32.2. The van der Waals surface area contributed by atoms with E-state index in [1.165, 1.54) is 17.1 Å². The van der Waals surface area contributed by atoms with Crippen LogP contribution in [-0.4, -0.2) is 31.9 Å². The molecule has 0 spiro atoms. The second-order valence-electron chi connectivity index (χ2n) is 6.03. The molecule has 4 nitrogen and oxygen atoms in total. The lowest BCUT2D eigenvalue weighted by molar-refractivity contribution is 0.380. The van der Waals surface area contributed by atoms with Crippen LogP contribution in [0.5, 0.6) is 0 Å². The van der Waals surface area contributed by atoms with Gasteiger partial charge in [0.2, 0.25) is 10.0 Å². The van der Waals surface area contributed by atoms with Gasteiger partial charge in [0, 0.05) is 25.7 Å². The van der Waals surface area contributed by atoms with E-state index in [0.29, 0.717) is 10.9 Å². The van der Waals surface area contributed by atoms with Crippen molar-refractivity contribution >= 4 is 10.0 Å². The number of rotatable bonds is 7. The Kier molecular flexibility index (Phi) is 5.07. The van der Waals surface area contributed by atoms with Crippen LogP contribution in [0, 0.1) is 6.92 Å². The Labute approximate surface area is 128 Å². The van der Waals surface area contributed by atoms with Gasteiger partial charge >= 0.3 is 0 Å². The summed E-state index contributed by atoms with van der Waals surface area (Å²) in [6.07, 6.45) is 3.26. The number of hydrogen-bond acceptors (Lipinski definition) is 3. The molecule has 1 aliphatic carbocycles. The molecule has 0 aliphatic heterocycles. The molecular formula is C16H26N2O2S. The van der Waals surface area contributed by atoms with Gasteiger partial charge in [0.25, 0.3) is 0 Å². The van der Waals surface area contributed by atoms with Crippen LogP contribution < -0.4 is 5.32 Å². The zero-order chi connectivity index (χ0) is 15.6. The highest BCUT2D eigenvalue weighted by molar-refractivity contribution is 7.89. The van der Waals surface area contributed by atoms with E-state index >= 15 is 0 Å². The van der Waals surface area contributed by atoms with Crippen molar-refractivity contribution in [1.82, 2.24) is 9.62 Å². The molecule has 1 fully saturated rings. The van der Waals surface area contributed by atoms with E-state index in [4.69, 9.17) is 0 Å². The first-order valence-electron chi connectivity index (χ1n) is 7.67. The standard InChI is InChI=1S/C16H26N2O2S/c1-5-13(3)18(4)21(19,20)16-10-14(7-6-12(16)2)11-17-15-8-9-15/h6-7,10,13,15,17H,5,8-9,11H2,1-4H3. The first kappa shape index (κ1) is 16.5. The van der Waals surface area contributed by atoms with E-state index in [1.807, 2.05) is 39.0 Å². The molecule has 1 saturated carbocycles. The monoisotopic (exact) mass is 310 g/mol. The van der Waals surface area contributed by atoms with Crippen LogP contribution in [0.1, 0.15) is 44.2 Å². The minimum Gasteiger partial charge on any atom is -0.310 e. The van der Waals surface area contributed by atoms with Gasteiger partial charge in [-0.3, -0.25) is 0 Å². The largest absolute Gasteiger partial charge is 0.310 e. The summed E-state index contributed by atoms with van der Waals surface area (Å²) in [5.41, 5.74) is 1.84. The summed E-state index contributed by atoms with van der Waals surface area (Å²) < 4.78 is 27.0. The fraction of sp³-hybridized carbons (Fsp3) is 0.625. The quantitative estimate of drug-likeness (QED) is 0.842. The molecule has 0 bridgehead atoms. The molecular weight excluding hydrogens is 284 g/mol. The lowest BCUT2D eigenvalue weighted by atomic mass is 10.1. The summed E-state index contributed by atoms with van der Waals surface area (Å²) in [5, 5.41) is 3.43. The average molecular weight is 310 g/mol. The molecule has 1 aromatic rings. The molecule has 1 atom stereocenters. The van der Waals surface area contributed by atoms with Crippen LogP contribution in [0.4, 0.5) is 0 Å². The fourth-order valence-corrected chi connectivity index (χ4v) is 3.94. The highest BCUT2D eigenvalue weighted by Crippen LogP contribution is 2.24. The van der Waals surface area contributed by atoms with Gasteiger partial charge in [-0.05, 0) is 50.3 Å². The van der Waals surface area contributed by atoms with E-state index < -0.39 is 10.0 Å². The fourth-order valence-electron chi connectivity index (χ4n) is 2.23. The Hall–Kier alpha value is -0.910. The minimum absolute atomic E-state index is 0.00245. The van der Waals surface area contributed by atoms with E-state index in [1.54, 1.807) is 7.05 Å². The highest BCUT2D eigenvalue weighted by Gasteiger charge is 2.26. The van der Waals surface area contributed by atoms with Crippen molar-refractivity contribution in [2.45, 2.75) is 63.6 Å². The molecule has 0 amide bonds. The molecule has 1 N–H and O–H groups in total. The number of benzene rings is 1. The molecule has 1 aromatic carbocycles. The van der Waals surface area contributed by atoms with E-state index in [0.717, 1.165) is 24.1 Å². The van der Waals surface area contributed by atoms with E-state index in [2.05, 4.69) is 5.32 Å². The molecule has 0 saturated heterocycles. The van der Waals surface area contributed by atoms with Crippen LogP contribution in [0.2, 0.25) is 0 Å². The summed E-state index contributed by atoms with van der Waals surface area (Å²) in [6, 6.07) is 6.35. The van der Waals surface area contributed by atoms with E-state index in [9.17, 15) is 8.42 Å². The van der Waals surface area contributed by atoms with Gasteiger partial charge in [-0.1, -0.05) is 19.1 Å². The number of nitrogens with one attached hydrogen (secondary N) is 1. The maximum Gasteiger partial charge on any atom is 0.243 e. The van der Waals surface area contributed by atoms with Crippen LogP contribution in [0.25, 0.3) is 0 Å². The van der Waals surface area contributed by atoms with Crippen molar-refractivity contribution in [3.8, 4) is 0 Å². The Morgan fingerprint density at radius 1 is 1.38 bits per heavy atom. The third kappa shape index (κ3) is 3.84. The van der Waals surface area contributed by atoms with Gasteiger partial charge in [0.1, 0.15) is 0 Å². The van der Waals surface area contributed by atoms with Crippen molar-refractivity contribution in [2.24, 2.45) is 0 Å². The molecule has 0 aromatic heterocycles. The first-order valence-corrected chi connectivity index (χ1v) is 9.11. The summed E-state index contributed by atoms with van der Waals surface area (Å²) in [6.45, 7) is 6.53. The summed E-state index contributed by atoms with van der Waals surface area (Å²) >= 11 is 0. The zero-order valence-electron chi connectivity index (χ0n) is 13.4. The van der Waals surface area contributed by atoms with Crippen LogP contribution in [0.3, 0.4) is 0 Å². The predicted octanol–water partition coefficient (Wildman–Crippen LogP) is 2.67. The maximum absolute atomic E-state index is 12.8. The third-order valence-corrected chi connectivity index (χ3v) is 6.41. The number of hydrogen-bond donors (Lipinski definition) is 1. The molecule has 21 heavy (non-hydrogen) atoms. The molecule has 0 heterocycles. The Morgan fingerprint density at radius 2 is 2.05 bits per heavy atom. The summed E-state index contributed by atoms with van der Waals surface area (Å²) in [5.74, 6) is 0. The second kappa shape index (κ2) is 6.46. The Morgan fingerprint density at radius 3 is 2.62 bits per heavy atom. The molecule has 0 radical (unpaired) electrons. The van der Waals surface area contributed by atoms with Crippen LogP contribution >= 0.6 is 0 Å². The van der Waals surface area contributed by atoms with Crippen molar-refractivity contribution in [3.05, 3.63) is 29.3 Å². The summed E-state index contributed by atoms with van der Waals surface area (Å²) in [7, 11) is -1.76. The summed E-state index contributed by atoms with van der Waals surface area (Å²) in [4.78, 5) is 0.431. The zero-order valence-corrected chi connectivity index (χ0v) is 14.2. The predicted molar refractivity (Wildman–Crippen MR) is 85.7 cm³/mol. The molecule has 1 aliphatic rings. The minimum atomic E-state index is -3.42. The van der Waals surface area contributed by atoms with Crippen molar-refractivity contribution in [2.75, 3.05) is 7.05 Å². The lowest BCUT2D eigenvalue weighted by Crippen LogP contribution is -2.35. The molecule has 118 valence electrons. The lowest BCUT2D eigenvalue weighted by Gasteiger charge is -2.24. The van der Waals surface area contributed by atoms with Crippen LogP contribution in [0.15, 0.2) is 23.1 Å². The molecule has 2 rings (SSSR count). The molecule has 5 heteroatoms. The number of aryl methyl sites for hydroxylation is 1. The Balaban J connectivity index is 2.25. The van der Waals surface area contributed by atoms with Crippen LogP contribution in [-0.2, 0) is 16.6 Å². The van der Waals surface area contributed by atoms with Gasteiger partial charge < -0.3 is 5.32 Å². The van der Waals surface area contributed by atoms with Gasteiger partial charge in [-0.15, -0.1) is 0 Å². The van der Waals surface area contributed by atoms with Gasteiger partial charge in [0.15, 0.2) is 0 Å². The number of nitrogens with zero attached hydrogens (tertiary/aromatic N) is 1. The SMILES string of the molecule is CCC(C)N(C)S(=O)(=O)c1cc(CNC2CC2)ccc1C. The van der Waals surface area contributed by atoms with Crippen molar-refractivity contribution < 1.29 is 8.42 Å². The average Bonchev–Trinajstić information content (AvgIpc) is 3.28. The van der Waals surface area contributed by atoms with E-state index in [-0.39, 0.29) is 6.04 Å². The maximum atomic E-state index is 12.8. The van der Waals surface area contributed by atoms with Gasteiger partial charge in [-0.25, -0.2) is 8.42 Å². The molecule has 1 unspecified atom stereocenters. The Bertz CT molecular complexity index is 594. The second-order valence-corrected chi connectivity index (χ2v) is 8.00. The van der Waals surface area contributed by atoms with Crippen molar-refractivity contribution in [3.63, 3.8) is 0 Å². The smallest absolute Gasteiger partial charge is 0.243 e. The van der Waals surface area contributed by atoms with Gasteiger partial charge in [0.05, 0.1) is 4.90 Å². The van der Waals surface area contributed by atoms with Gasteiger partial charge in [-0.2, -0.15) is 4.31 Å². The first-order chi connectivity index (χ1) is 9.86. The van der Waals surface area contributed by atoms with Crippen molar-refractivity contribution in [1.29, 1.82) is 0 Å².